The maximum Gasteiger partial charge on any atom is 0.407 e. The molecular formula is C18H28ClN3O2. The number of nitrogen functional groups attached to an aromatic ring is 1. The minimum atomic E-state index is -0.455. The maximum atomic E-state index is 11.8. The highest BCUT2D eigenvalue weighted by Crippen LogP contribution is 2.20. The summed E-state index contributed by atoms with van der Waals surface area (Å²) in [4.78, 5) is 14.2. The second-order valence-corrected chi connectivity index (χ2v) is 7.77. The summed E-state index contributed by atoms with van der Waals surface area (Å²) in [6.45, 7) is 8.51. The third kappa shape index (κ3) is 6.21. The summed E-state index contributed by atoms with van der Waals surface area (Å²) in [7, 11) is 0. The molecule has 1 aromatic rings. The number of carbonyl (C=O) groups is 1. The van der Waals surface area contributed by atoms with E-state index >= 15 is 0 Å². The lowest BCUT2D eigenvalue weighted by atomic mass is 10.0. The van der Waals surface area contributed by atoms with E-state index in [0.717, 1.165) is 49.5 Å². The maximum absolute atomic E-state index is 11.8. The fourth-order valence-corrected chi connectivity index (χ4v) is 3.10. The Morgan fingerprint density at radius 1 is 1.38 bits per heavy atom. The van der Waals surface area contributed by atoms with E-state index in [-0.39, 0.29) is 12.1 Å². The molecule has 0 bridgehead atoms. The molecule has 3 N–H and O–H groups in total. The predicted octanol–water partition coefficient (Wildman–Crippen LogP) is 3.45. The molecule has 0 atom stereocenters. The van der Waals surface area contributed by atoms with Gasteiger partial charge < -0.3 is 20.7 Å². The fourth-order valence-electron chi connectivity index (χ4n) is 2.82. The van der Waals surface area contributed by atoms with E-state index < -0.39 is 5.60 Å². The normalized spacial score (nSPS) is 16.8. The summed E-state index contributed by atoms with van der Waals surface area (Å²) >= 11 is 6.22. The molecule has 1 aliphatic rings. The Bertz CT molecular complexity index is 564. The molecule has 1 heterocycles. The number of nitrogens with two attached hydrogens (primary N) is 1. The Balaban J connectivity index is 1.72. The van der Waals surface area contributed by atoms with Crippen molar-refractivity contribution in [3.8, 4) is 0 Å². The van der Waals surface area contributed by atoms with E-state index in [9.17, 15) is 4.79 Å². The molecular weight excluding hydrogens is 326 g/mol. The van der Waals surface area contributed by atoms with Crippen molar-refractivity contribution in [3.05, 3.63) is 28.8 Å². The number of nitrogens with zero attached hydrogens (tertiary/aromatic N) is 1. The average Bonchev–Trinajstić information content (AvgIpc) is 2.46. The Labute approximate surface area is 149 Å². The van der Waals surface area contributed by atoms with E-state index in [1.165, 1.54) is 0 Å². The fraction of sp³-hybridized carbons (Fsp3) is 0.611. The molecule has 0 saturated carbocycles. The van der Waals surface area contributed by atoms with Crippen LogP contribution < -0.4 is 11.1 Å². The minimum absolute atomic E-state index is 0.191. The van der Waals surface area contributed by atoms with Gasteiger partial charge in [-0.15, -0.1) is 0 Å². The van der Waals surface area contributed by atoms with Crippen LogP contribution in [-0.4, -0.2) is 42.3 Å². The second kappa shape index (κ2) is 8.08. The zero-order valence-corrected chi connectivity index (χ0v) is 15.5. The summed E-state index contributed by atoms with van der Waals surface area (Å²) in [6, 6.07) is 5.87. The number of likely N-dealkylation sites (tertiary alicyclic amines) is 1. The van der Waals surface area contributed by atoms with Crippen molar-refractivity contribution in [1.82, 2.24) is 10.2 Å². The van der Waals surface area contributed by atoms with Gasteiger partial charge in [-0.1, -0.05) is 17.7 Å². The van der Waals surface area contributed by atoms with E-state index in [1.54, 1.807) is 6.07 Å². The summed E-state index contributed by atoms with van der Waals surface area (Å²) in [5.74, 6) is 0. The standard InChI is InChI=1S/C18H28ClN3O2/c1-18(2,3)24-17(23)21-15-7-10-22(11-8-15)9-6-13-4-5-14(20)12-16(13)19/h4-5,12,15H,6-11,20H2,1-3H3,(H,21,23). The van der Waals surface area contributed by atoms with Crippen LogP contribution in [0.5, 0.6) is 0 Å². The number of nitrogens with one attached hydrogen (secondary N) is 1. The molecule has 1 aromatic carbocycles. The largest absolute Gasteiger partial charge is 0.444 e. The van der Waals surface area contributed by atoms with E-state index in [4.69, 9.17) is 22.1 Å². The van der Waals surface area contributed by atoms with E-state index in [0.29, 0.717) is 5.69 Å². The van der Waals surface area contributed by atoms with Crippen LogP contribution >= 0.6 is 11.6 Å². The van der Waals surface area contributed by atoms with Gasteiger partial charge in [0, 0.05) is 36.4 Å². The first-order valence-electron chi connectivity index (χ1n) is 8.49. The number of amides is 1. The molecule has 1 fully saturated rings. The number of hydrogen-bond acceptors (Lipinski definition) is 4. The van der Waals surface area contributed by atoms with Crippen molar-refractivity contribution < 1.29 is 9.53 Å². The highest BCUT2D eigenvalue weighted by Gasteiger charge is 2.23. The number of ether oxygens (including phenoxy) is 1. The van der Waals surface area contributed by atoms with Crippen molar-refractivity contribution in [1.29, 1.82) is 0 Å². The van der Waals surface area contributed by atoms with Crippen LogP contribution in [0.2, 0.25) is 5.02 Å². The Hall–Kier alpha value is -1.46. The Morgan fingerprint density at radius 2 is 2.04 bits per heavy atom. The number of hydrogen-bond donors (Lipinski definition) is 2. The molecule has 0 aliphatic carbocycles. The topological polar surface area (TPSA) is 67.6 Å². The highest BCUT2D eigenvalue weighted by atomic mass is 35.5. The van der Waals surface area contributed by atoms with Crippen molar-refractivity contribution in [3.63, 3.8) is 0 Å². The molecule has 1 amide bonds. The molecule has 1 aliphatic heterocycles. The summed E-state index contributed by atoms with van der Waals surface area (Å²) < 4.78 is 5.31. The average molecular weight is 354 g/mol. The second-order valence-electron chi connectivity index (χ2n) is 7.36. The van der Waals surface area contributed by atoms with Gasteiger partial charge in [-0.3, -0.25) is 0 Å². The smallest absolute Gasteiger partial charge is 0.407 e. The van der Waals surface area contributed by atoms with Crippen LogP contribution in [0.3, 0.4) is 0 Å². The van der Waals surface area contributed by atoms with Crippen molar-refractivity contribution >= 4 is 23.4 Å². The van der Waals surface area contributed by atoms with Gasteiger partial charge in [0.25, 0.3) is 0 Å². The Morgan fingerprint density at radius 3 is 2.62 bits per heavy atom. The van der Waals surface area contributed by atoms with Crippen LogP contribution in [0, 0.1) is 0 Å². The lowest BCUT2D eigenvalue weighted by Gasteiger charge is -2.32. The van der Waals surface area contributed by atoms with Gasteiger partial charge in [0.15, 0.2) is 0 Å². The summed E-state index contributed by atoms with van der Waals surface area (Å²) in [5.41, 5.74) is 7.08. The van der Waals surface area contributed by atoms with Crippen LogP contribution in [0.4, 0.5) is 10.5 Å². The first kappa shape index (κ1) is 18.9. The highest BCUT2D eigenvalue weighted by molar-refractivity contribution is 6.31. The van der Waals surface area contributed by atoms with Crippen LogP contribution in [0.15, 0.2) is 18.2 Å². The molecule has 134 valence electrons. The molecule has 5 nitrogen and oxygen atoms in total. The number of carbonyl (C=O) groups excluding carboxylic acids is 1. The van der Waals surface area contributed by atoms with E-state index in [2.05, 4.69) is 10.2 Å². The van der Waals surface area contributed by atoms with Gasteiger partial charge in [-0.05, 0) is 57.7 Å². The van der Waals surface area contributed by atoms with Crippen molar-refractivity contribution in [2.45, 2.75) is 51.7 Å². The number of alkyl carbamates (subject to hydrolysis) is 1. The molecule has 2 rings (SSSR count). The lowest BCUT2D eigenvalue weighted by molar-refractivity contribution is 0.0479. The molecule has 6 heteroatoms. The van der Waals surface area contributed by atoms with E-state index in [1.807, 2.05) is 32.9 Å². The first-order chi connectivity index (χ1) is 11.2. The molecule has 0 aromatic heterocycles. The summed E-state index contributed by atoms with van der Waals surface area (Å²) in [6.07, 6.45) is 2.46. The van der Waals surface area contributed by atoms with Crippen LogP contribution in [0.25, 0.3) is 0 Å². The lowest BCUT2D eigenvalue weighted by Crippen LogP contribution is -2.46. The molecule has 24 heavy (non-hydrogen) atoms. The van der Waals surface area contributed by atoms with Crippen LogP contribution in [0.1, 0.15) is 39.2 Å². The van der Waals surface area contributed by atoms with Gasteiger partial charge in [0.1, 0.15) is 5.60 Å². The monoisotopic (exact) mass is 353 g/mol. The number of rotatable bonds is 4. The molecule has 1 saturated heterocycles. The third-order valence-corrected chi connectivity index (χ3v) is 4.43. The zero-order chi connectivity index (χ0) is 17.7. The van der Waals surface area contributed by atoms with Crippen LogP contribution in [-0.2, 0) is 11.2 Å². The summed E-state index contributed by atoms with van der Waals surface area (Å²) in [5, 5.41) is 3.70. The third-order valence-electron chi connectivity index (χ3n) is 4.08. The van der Waals surface area contributed by atoms with Crippen molar-refractivity contribution in [2.24, 2.45) is 0 Å². The molecule has 0 radical (unpaired) electrons. The van der Waals surface area contributed by atoms with Crippen molar-refractivity contribution in [2.75, 3.05) is 25.4 Å². The Kier molecular flexibility index (Phi) is 6.35. The number of anilines is 1. The zero-order valence-electron chi connectivity index (χ0n) is 14.8. The van der Waals surface area contributed by atoms with Gasteiger partial charge in [0.2, 0.25) is 0 Å². The minimum Gasteiger partial charge on any atom is -0.444 e. The molecule has 0 spiro atoms. The first-order valence-corrected chi connectivity index (χ1v) is 8.86. The quantitative estimate of drug-likeness (QED) is 0.813. The number of halogens is 1. The molecule has 0 unspecified atom stereocenters. The van der Waals surface area contributed by atoms with Gasteiger partial charge in [-0.25, -0.2) is 4.79 Å². The van der Waals surface area contributed by atoms with Gasteiger partial charge in [-0.2, -0.15) is 0 Å². The SMILES string of the molecule is CC(C)(C)OC(=O)NC1CCN(CCc2ccc(N)cc2Cl)CC1. The van der Waals surface area contributed by atoms with Gasteiger partial charge >= 0.3 is 6.09 Å². The predicted molar refractivity (Wildman–Crippen MR) is 98.4 cm³/mol. The number of piperidine rings is 1. The van der Waals surface area contributed by atoms with Gasteiger partial charge in [0.05, 0.1) is 0 Å². The number of benzene rings is 1.